The van der Waals surface area contributed by atoms with Crippen molar-refractivity contribution in [3.63, 3.8) is 0 Å². The van der Waals surface area contributed by atoms with Crippen LogP contribution in [0.25, 0.3) is 0 Å². The first kappa shape index (κ1) is 14.8. The largest absolute Gasteiger partial charge is 0.388 e. The number of aliphatic hydroxyl groups is 1. The lowest BCUT2D eigenvalue weighted by atomic mass is 9.77. The van der Waals surface area contributed by atoms with Gasteiger partial charge in [-0.1, -0.05) is 25.5 Å². The second-order valence-corrected chi connectivity index (χ2v) is 6.99. The summed E-state index contributed by atoms with van der Waals surface area (Å²) in [6.07, 6.45) is 9.88. The lowest BCUT2D eigenvalue weighted by Crippen LogP contribution is -2.48. The van der Waals surface area contributed by atoms with Gasteiger partial charge in [-0.15, -0.1) is 0 Å². The highest BCUT2D eigenvalue weighted by molar-refractivity contribution is 6.05. The molecule has 4 heteroatoms. The van der Waals surface area contributed by atoms with Crippen LogP contribution >= 0.6 is 0 Å². The molecule has 1 saturated carbocycles. The van der Waals surface area contributed by atoms with E-state index in [0.29, 0.717) is 31.6 Å². The molecule has 1 saturated heterocycles. The van der Waals surface area contributed by atoms with Gasteiger partial charge in [0.2, 0.25) is 11.8 Å². The Labute approximate surface area is 126 Å². The number of likely N-dealkylation sites (tertiary alicyclic amines) is 1. The van der Waals surface area contributed by atoms with Crippen molar-refractivity contribution in [1.82, 2.24) is 4.90 Å². The standard InChI is InChI=1S/C17H25NO3/c1-2-12-7-9-17(21,10-8-12)11-18-15(19)13-5-3-4-6-14(13)16(18)20/h3-4,12-14,21H,2,5-11H2,1H3. The van der Waals surface area contributed by atoms with Gasteiger partial charge in [-0.05, 0) is 44.4 Å². The number of β-amino-alcohol motifs (C(OH)–C–C–N with tert-alkyl or cyclic N) is 1. The average molecular weight is 291 g/mol. The molecule has 3 rings (SSSR count). The molecule has 2 atom stereocenters. The lowest BCUT2D eigenvalue weighted by Gasteiger charge is -2.37. The number of carbonyl (C=O) groups excluding carboxylic acids is 2. The fraction of sp³-hybridized carbons (Fsp3) is 0.765. The van der Waals surface area contributed by atoms with Crippen molar-refractivity contribution in [3.8, 4) is 0 Å². The molecule has 0 aromatic rings. The minimum atomic E-state index is -0.863. The second kappa shape index (κ2) is 5.56. The number of imide groups is 1. The van der Waals surface area contributed by atoms with E-state index in [2.05, 4.69) is 6.92 Å². The number of rotatable bonds is 3. The first-order valence-electron chi connectivity index (χ1n) is 8.26. The maximum absolute atomic E-state index is 12.4. The zero-order valence-corrected chi connectivity index (χ0v) is 12.8. The molecule has 1 N–H and O–H groups in total. The van der Waals surface area contributed by atoms with E-state index >= 15 is 0 Å². The Morgan fingerprint density at radius 2 is 1.67 bits per heavy atom. The summed E-state index contributed by atoms with van der Waals surface area (Å²) in [4.78, 5) is 26.2. The van der Waals surface area contributed by atoms with Crippen LogP contribution in [0, 0.1) is 17.8 Å². The van der Waals surface area contributed by atoms with E-state index in [4.69, 9.17) is 0 Å². The van der Waals surface area contributed by atoms with Crippen molar-refractivity contribution in [3.05, 3.63) is 12.2 Å². The van der Waals surface area contributed by atoms with Crippen LogP contribution in [0.4, 0.5) is 0 Å². The molecule has 21 heavy (non-hydrogen) atoms. The van der Waals surface area contributed by atoms with E-state index in [-0.39, 0.29) is 30.2 Å². The van der Waals surface area contributed by atoms with E-state index in [1.807, 2.05) is 12.2 Å². The van der Waals surface area contributed by atoms with Gasteiger partial charge >= 0.3 is 0 Å². The van der Waals surface area contributed by atoms with Crippen molar-refractivity contribution in [2.45, 2.75) is 57.5 Å². The van der Waals surface area contributed by atoms with Gasteiger partial charge in [-0.2, -0.15) is 0 Å². The molecule has 0 radical (unpaired) electrons. The van der Waals surface area contributed by atoms with Gasteiger partial charge in [0.25, 0.3) is 0 Å². The summed E-state index contributed by atoms with van der Waals surface area (Å²) in [6, 6.07) is 0. The van der Waals surface area contributed by atoms with Crippen molar-refractivity contribution < 1.29 is 14.7 Å². The topological polar surface area (TPSA) is 57.6 Å². The van der Waals surface area contributed by atoms with E-state index in [1.165, 1.54) is 4.90 Å². The molecule has 1 heterocycles. The SMILES string of the molecule is CCC1CCC(O)(CN2C(=O)C3CC=CCC3C2=O)CC1. The Balaban J connectivity index is 1.68. The predicted octanol–water partition coefficient (Wildman–Crippen LogP) is 2.27. The Bertz CT molecular complexity index is 437. The molecule has 0 aromatic carbocycles. The van der Waals surface area contributed by atoms with Gasteiger partial charge < -0.3 is 5.11 Å². The van der Waals surface area contributed by atoms with Crippen LogP contribution in [0.15, 0.2) is 12.2 Å². The summed E-state index contributed by atoms with van der Waals surface area (Å²) in [6.45, 7) is 2.38. The molecule has 2 amide bonds. The monoisotopic (exact) mass is 291 g/mol. The van der Waals surface area contributed by atoms with Gasteiger partial charge in [-0.3, -0.25) is 14.5 Å². The van der Waals surface area contributed by atoms with Crippen LogP contribution in [-0.4, -0.2) is 34.0 Å². The fourth-order valence-electron chi connectivity index (χ4n) is 4.10. The first-order chi connectivity index (χ1) is 10.0. The molecule has 1 aliphatic heterocycles. The maximum atomic E-state index is 12.4. The molecular weight excluding hydrogens is 266 g/mol. The number of amides is 2. The summed E-state index contributed by atoms with van der Waals surface area (Å²) in [5, 5.41) is 10.8. The molecular formula is C17H25NO3. The zero-order chi connectivity index (χ0) is 15.0. The lowest BCUT2D eigenvalue weighted by molar-refractivity contribution is -0.145. The van der Waals surface area contributed by atoms with Crippen LogP contribution in [-0.2, 0) is 9.59 Å². The molecule has 4 nitrogen and oxygen atoms in total. The predicted molar refractivity (Wildman–Crippen MR) is 79.3 cm³/mol. The highest BCUT2D eigenvalue weighted by Crippen LogP contribution is 2.39. The molecule has 2 aliphatic carbocycles. The number of allylic oxidation sites excluding steroid dienone is 2. The number of carbonyl (C=O) groups is 2. The maximum Gasteiger partial charge on any atom is 0.233 e. The molecule has 0 aromatic heterocycles. The molecule has 0 bridgehead atoms. The first-order valence-corrected chi connectivity index (χ1v) is 8.26. The van der Waals surface area contributed by atoms with Crippen LogP contribution in [0.5, 0.6) is 0 Å². The Morgan fingerprint density at radius 1 is 1.14 bits per heavy atom. The van der Waals surface area contributed by atoms with Crippen LogP contribution in [0.1, 0.15) is 51.9 Å². The summed E-state index contributed by atoms with van der Waals surface area (Å²) in [7, 11) is 0. The normalized spacial score (nSPS) is 39.7. The summed E-state index contributed by atoms with van der Waals surface area (Å²) < 4.78 is 0. The van der Waals surface area contributed by atoms with Gasteiger partial charge in [0.15, 0.2) is 0 Å². The summed E-state index contributed by atoms with van der Waals surface area (Å²) in [5.41, 5.74) is -0.863. The third-order valence-corrected chi connectivity index (χ3v) is 5.66. The number of fused-ring (bicyclic) bond motifs is 1. The van der Waals surface area contributed by atoms with Crippen molar-refractivity contribution in [2.75, 3.05) is 6.54 Å². The quantitative estimate of drug-likeness (QED) is 0.641. The molecule has 0 spiro atoms. The van der Waals surface area contributed by atoms with Gasteiger partial charge in [0.1, 0.15) is 0 Å². The fourth-order valence-corrected chi connectivity index (χ4v) is 4.10. The Kier molecular flexibility index (Phi) is 3.91. The van der Waals surface area contributed by atoms with Gasteiger partial charge in [0.05, 0.1) is 24.0 Å². The van der Waals surface area contributed by atoms with Crippen molar-refractivity contribution in [1.29, 1.82) is 0 Å². The molecule has 116 valence electrons. The van der Waals surface area contributed by atoms with Crippen molar-refractivity contribution >= 4 is 11.8 Å². The van der Waals surface area contributed by atoms with Gasteiger partial charge in [0, 0.05) is 0 Å². The molecule has 3 aliphatic rings. The van der Waals surface area contributed by atoms with E-state index in [1.54, 1.807) is 0 Å². The third-order valence-electron chi connectivity index (χ3n) is 5.66. The number of nitrogens with zero attached hydrogens (tertiary/aromatic N) is 1. The minimum absolute atomic E-state index is 0.0691. The highest BCUT2D eigenvalue weighted by atomic mass is 16.3. The van der Waals surface area contributed by atoms with Crippen LogP contribution < -0.4 is 0 Å². The van der Waals surface area contributed by atoms with Gasteiger partial charge in [-0.25, -0.2) is 0 Å². The second-order valence-electron chi connectivity index (χ2n) is 6.99. The highest BCUT2D eigenvalue weighted by Gasteiger charge is 2.49. The number of hydrogen-bond acceptors (Lipinski definition) is 3. The number of hydrogen-bond donors (Lipinski definition) is 1. The van der Waals surface area contributed by atoms with E-state index in [9.17, 15) is 14.7 Å². The Hall–Kier alpha value is -1.16. The minimum Gasteiger partial charge on any atom is -0.388 e. The average Bonchev–Trinajstić information content (AvgIpc) is 2.74. The van der Waals surface area contributed by atoms with E-state index in [0.717, 1.165) is 19.3 Å². The summed E-state index contributed by atoms with van der Waals surface area (Å²) in [5.74, 6) is 0.180. The van der Waals surface area contributed by atoms with Crippen LogP contribution in [0.2, 0.25) is 0 Å². The van der Waals surface area contributed by atoms with E-state index < -0.39 is 5.60 Å². The molecule has 2 fully saturated rings. The zero-order valence-electron chi connectivity index (χ0n) is 12.8. The third kappa shape index (κ3) is 2.66. The smallest absolute Gasteiger partial charge is 0.233 e. The van der Waals surface area contributed by atoms with Crippen molar-refractivity contribution in [2.24, 2.45) is 17.8 Å². The van der Waals surface area contributed by atoms with Crippen LogP contribution in [0.3, 0.4) is 0 Å². The summed E-state index contributed by atoms with van der Waals surface area (Å²) >= 11 is 0. The Morgan fingerprint density at radius 3 is 2.14 bits per heavy atom. The molecule has 2 unspecified atom stereocenters.